The summed E-state index contributed by atoms with van der Waals surface area (Å²) < 4.78 is 0. The van der Waals surface area contributed by atoms with E-state index in [4.69, 9.17) is 17.3 Å². The maximum Gasteiger partial charge on any atom is 0.0446 e. The van der Waals surface area contributed by atoms with E-state index in [0.717, 1.165) is 22.0 Å². The maximum atomic E-state index is 6.08. The van der Waals surface area contributed by atoms with E-state index in [1.165, 1.54) is 4.90 Å². The Morgan fingerprint density at radius 3 is 2.62 bits per heavy atom. The Hall–Kier alpha value is -1.12. The van der Waals surface area contributed by atoms with Crippen molar-refractivity contribution < 1.29 is 0 Å². The Morgan fingerprint density at radius 2 is 1.88 bits per heavy atom. The summed E-state index contributed by atoms with van der Waals surface area (Å²) >= 11 is 7.82. The Kier molecular flexibility index (Phi) is 3.75. The van der Waals surface area contributed by atoms with Crippen molar-refractivity contribution in [2.75, 3.05) is 5.73 Å². The molecule has 0 saturated heterocycles. The van der Waals surface area contributed by atoms with Crippen LogP contribution in [0.15, 0.2) is 53.4 Å². The van der Waals surface area contributed by atoms with Gasteiger partial charge in [0.2, 0.25) is 0 Å². The van der Waals surface area contributed by atoms with Crippen LogP contribution in [-0.2, 0) is 5.75 Å². The predicted molar refractivity (Wildman–Crippen MR) is 71.9 cm³/mol. The third kappa shape index (κ3) is 2.94. The van der Waals surface area contributed by atoms with Crippen molar-refractivity contribution in [2.45, 2.75) is 10.6 Å². The third-order valence-corrected chi connectivity index (χ3v) is 3.62. The molecule has 0 atom stereocenters. The van der Waals surface area contributed by atoms with Crippen LogP contribution in [0.1, 0.15) is 5.56 Å². The molecule has 0 aliphatic heterocycles. The number of hydrogen-bond donors (Lipinski definition) is 1. The summed E-state index contributed by atoms with van der Waals surface area (Å²) in [6, 6.07) is 15.8. The fourth-order valence-corrected chi connectivity index (χ4v) is 2.63. The second-order valence-corrected chi connectivity index (χ2v) is 4.91. The van der Waals surface area contributed by atoms with Crippen molar-refractivity contribution in [1.82, 2.24) is 0 Å². The van der Waals surface area contributed by atoms with Gasteiger partial charge >= 0.3 is 0 Å². The van der Waals surface area contributed by atoms with Crippen molar-refractivity contribution in [3.05, 3.63) is 59.1 Å². The van der Waals surface area contributed by atoms with Crippen LogP contribution in [0.5, 0.6) is 0 Å². The molecule has 3 heteroatoms. The van der Waals surface area contributed by atoms with E-state index in [1.807, 2.05) is 42.5 Å². The lowest BCUT2D eigenvalue weighted by Crippen LogP contribution is -1.85. The summed E-state index contributed by atoms with van der Waals surface area (Å²) in [4.78, 5) is 1.17. The molecule has 0 spiro atoms. The lowest BCUT2D eigenvalue weighted by molar-refractivity contribution is 1.38. The van der Waals surface area contributed by atoms with E-state index in [1.54, 1.807) is 11.8 Å². The fourth-order valence-electron chi connectivity index (χ4n) is 1.38. The van der Waals surface area contributed by atoms with Crippen molar-refractivity contribution in [3.8, 4) is 0 Å². The number of anilines is 1. The Labute approximate surface area is 105 Å². The molecule has 0 unspecified atom stereocenters. The average Bonchev–Trinajstić information content (AvgIpc) is 2.28. The SMILES string of the molecule is Nc1cccc(SCc2ccccc2Cl)c1. The number of benzene rings is 2. The molecule has 2 aromatic carbocycles. The van der Waals surface area contributed by atoms with Gasteiger partial charge in [0.25, 0.3) is 0 Å². The molecule has 0 bridgehead atoms. The molecule has 2 rings (SSSR count). The molecule has 0 aliphatic rings. The quantitative estimate of drug-likeness (QED) is 0.651. The summed E-state index contributed by atoms with van der Waals surface area (Å²) in [6.07, 6.45) is 0. The Balaban J connectivity index is 2.05. The van der Waals surface area contributed by atoms with Gasteiger partial charge in [-0.05, 0) is 29.8 Å². The number of nitrogens with two attached hydrogens (primary N) is 1. The van der Waals surface area contributed by atoms with Crippen LogP contribution in [0.2, 0.25) is 5.02 Å². The summed E-state index contributed by atoms with van der Waals surface area (Å²) in [7, 11) is 0. The number of rotatable bonds is 3. The molecular weight excluding hydrogens is 238 g/mol. The highest BCUT2D eigenvalue weighted by atomic mass is 35.5. The van der Waals surface area contributed by atoms with Crippen molar-refractivity contribution in [3.63, 3.8) is 0 Å². The van der Waals surface area contributed by atoms with E-state index in [2.05, 4.69) is 6.07 Å². The zero-order valence-corrected chi connectivity index (χ0v) is 10.3. The van der Waals surface area contributed by atoms with Crippen LogP contribution in [0.3, 0.4) is 0 Å². The lowest BCUT2D eigenvalue weighted by atomic mass is 10.2. The molecule has 82 valence electrons. The number of nitrogen functional groups attached to an aromatic ring is 1. The zero-order chi connectivity index (χ0) is 11.4. The molecule has 16 heavy (non-hydrogen) atoms. The molecular formula is C13H12ClNS. The smallest absolute Gasteiger partial charge is 0.0446 e. The van der Waals surface area contributed by atoms with Crippen molar-refractivity contribution >= 4 is 29.1 Å². The molecule has 0 saturated carbocycles. The van der Waals surface area contributed by atoms with Crippen LogP contribution in [0.25, 0.3) is 0 Å². The van der Waals surface area contributed by atoms with Gasteiger partial charge in [0.05, 0.1) is 0 Å². The van der Waals surface area contributed by atoms with Crippen LogP contribution in [-0.4, -0.2) is 0 Å². The van der Waals surface area contributed by atoms with E-state index >= 15 is 0 Å². The summed E-state index contributed by atoms with van der Waals surface area (Å²) in [6.45, 7) is 0. The number of halogens is 1. The normalized spacial score (nSPS) is 10.3. The van der Waals surface area contributed by atoms with E-state index in [0.29, 0.717) is 0 Å². The zero-order valence-electron chi connectivity index (χ0n) is 8.69. The van der Waals surface area contributed by atoms with Crippen LogP contribution >= 0.6 is 23.4 Å². The molecule has 0 heterocycles. The third-order valence-electron chi connectivity index (χ3n) is 2.21. The minimum absolute atomic E-state index is 0.796. The summed E-state index contributed by atoms with van der Waals surface area (Å²) in [5, 5.41) is 0.818. The first-order valence-electron chi connectivity index (χ1n) is 4.97. The number of thioether (sulfide) groups is 1. The summed E-state index contributed by atoms with van der Waals surface area (Å²) in [5.74, 6) is 0.864. The van der Waals surface area contributed by atoms with E-state index in [9.17, 15) is 0 Å². The highest BCUT2D eigenvalue weighted by molar-refractivity contribution is 7.98. The van der Waals surface area contributed by atoms with E-state index < -0.39 is 0 Å². The molecule has 0 amide bonds. The first-order valence-corrected chi connectivity index (χ1v) is 6.34. The van der Waals surface area contributed by atoms with Crippen LogP contribution < -0.4 is 5.73 Å². The Morgan fingerprint density at radius 1 is 1.06 bits per heavy atom. The van der Waals surface area contributed by atoms with Gasteiger partial charge in [-0.15, -0.1) is 11.8 Å². The molecule has 2 N–H and O–H groups in total. The summed E-state index contributed by atoms with van der Waals surface area (Å²) in [5.41, 5.74) is 7.66. The first-order chi connectivity index (χ1) is 7.75. The standard InChI is InChI=1S/C13H12ClNS/c14-13-7-2-1-4-10(13)9-16-12-6-3-5-11(15)8-12/h1-8H,9,15H2. The van der Waals surface area contributed by atoms with Gasteiger partial charge in [0.15, 0.2) is 0 Å². The minimum atomic E-state index is 0.796. The van der Waals surface area contributed by atoms with Crippen molar-refractivity contribution in [2.24, 2.45) is 0 Å². The van der Waals surface area contributed by atoms with Gasteiger partial charge in [-0.2, -0.15) is 0 Å². The second kappa shape index (κ2) is 5.28. The highest BCUT2D eigenvalue weighted by Crippen LogP contribution is 2.27. The molecule has 0 aliphatic carbocycles. The highest BCUT2D eigenvalue weighted by Gasteiger charge is 2.00. The van der Waals surface area contributed by atoms with Crippen LogP contribution in [0, 0.1) is 0 Å². The van der Waals surface area contributed by atoms with Crippen molar-refractivity contribution in [1.29, 1.82) is 0 Å². The average molecular weight is 250 g/mol. The van der Waals surface area contributed by atoms with Gasteiger partial charge in [0.1, 0.15) is 0 Å². The predicted octanol–water partition coefficient (Wildman–Crippen LogP) is 4.21. The molecule has 0 radical (unpaired) electrons. The topological polar surface area (TPSA) is 26.0 Å². The second-order valence-electron chi connectivity index (χ2n) is 3.45. The molecule has 2 aromatic rings. The molecule has 1 nitrogen and oxygen atoms in total. The van der Waals surface area contributed by atoms with Gasteiger partial charge in [-0.1, -0.05) is 35.9 Å². The number of hydrogen-bond acceptors (Lipinski definition) is 2. The maximum absolute atomic E-state index is 6.08. The fraction of sp³-hybridized carbons (Fsp3) is 0.0769. The van der Waals surface area contributed by atoms with Gasteiger partial charge < -0.3 is 5.73 Å². The molecule has 0 fully saturated rings. The lowest BCUT2D eigenvalue weighted by Gasteiger charge is -2.04. The largest absolute Gasteiger partial charge is 0.399 e. The van der Waals surface area contributed by atoms with Gasteiger partial charge in [0, 0.05) is 21.4 Å². The van der Waals surface area contributed by atoms with Gasteiger partial charge in [-0.3, -0.25) is 0 Å². The monoisotopic (exact) mass is 249 g/mol. The minimum Gasteiger partial charge on any atom is -0.399 e. The molecule has 0 aromatic heterocycles. The van der Waals surface area contributed by atoms with E-state index in [-0.39, 0.29) is 0 Å². The first kappa shape index (κ1) is 11.4. The van der Waals surface area contributed by atoms with Crippen LogP contribution in [0.4, 0.5) is 5.69 Å². The Bertz CT molecular complexity index is 485. The van der Waals surface area contributed by atoms with Gasteiger partial charge in [-0.25, -0.2) is 0 Å².